The van der Waals surface area contributed by atoms with Gasteiger partial charge in [0.25, 0.3) is 0 Å². The van der Waals surface area contributed by atoms with Crippen molar-refractivity contribution in [1.29, 1.82) is 0 Å². The Morgan fingerprint density at radius 1 is 1.21 bits per heavy atom. The molecular formula is C8H7Cl2FeO2Si-2. The number of hydrogen-bond acceptors (Lipinski definition) is 2. The fourth-order valence-corrected chi connectivity index (χ4v) is 0.381. The summed E-state index contributed by atoms with van der Waals surface area (Å²) in [5, 5.41) is 0. The summed E-state index contributed by atoms with van der Waals surface area (Å²) in [7, 11) is -1.19. The van der Waals surface area contributed by atoms with Gasteiger partial charge < -0.3 is 6.55 Å². The van der Waals surface area contributed by atoms with E-state index in [0.29, 0.717) is 0 Å². The zero-order valence-electron chi connectivity index (χ0n) is 7.02. The summed E-state index contributed by atoms with van der Waals surface area (Å²) in [4.78, 5) is 20.7. The summed E-state index contributed by atoms with van der Waals surface area (Å²) in [6.07, 6.45) is 0. The molecule has 0 spiro atoms. The zero-order chi connectivity index (χ0) is 11.2. The second-order valence-corrected chi connectivity index (χ2v) is 6.26. The molecule has 1 rings (SSSR count). The van der Waals surface area contributed by atoms with E-state index in [0.717, 1.165) is 0 Å². The molecule has 1 aromatic carbocycles. The number of hydrogen-bond donors (Lipinski definition) is 0. The van der Waals surface area contributed by atoms with Gasteiger partial charge in [-0.25, -0.2) is 12.1 Å². The van der Waals surface area contributed by atoms with Gasteiger partial charge in [-0.05, 0) is 0 Å². The smallest absolute Gasteiger partial charge is 0.107 e. The molecule has 6 heteroatoms. The van der Waals surface area contributed by atoms with Crippen molar-refractivity contribution < 1.29 is 23.7 Å². The summed E-state index contributed by atoms with van der Waals surface area (Å²) >= 11 is 9.84. The van der Waals surface area contributed by atoms with Crippen molar-refractivity contribution in [2.45, 2.75) is 0 Å². The summed E-state index contributed by atoms with van der Waals surface area (Å²) < 4.78 is 0. The SMILES string of the molecule is O=[C]=[Fe]=[C]=O.[CH2-][Si](Cl)Cl.c1cc[cH-]c1. The van der Waals surface area contributed by atoms with Crippen LogP contribution in [-0.4, -0.2) is 17.0 Å². The van der Waals surface area contributed by atoms with Gasteiger partial charge in [0.2, 0.25) is 0 Å². The van der Waals surface area contributed by atoms with E-state index in [1.807, 2.05) is 30.3 Å². The molecule has 1 aromatic rings. The summed E-state index contributed by atoms with van der Waals surface area (Å²) in [6, 6.07) is 10.0. The molecule has 0 aliphatic heterocycles. The van der Waals surface area contributed by atoms with E-state index in [9.17, 15) is 0 Å². The molecule has 2 nitrogen and oxygen atoms in total. The van der Waals surface area contributed by atoms with E-state index in [-0.39, 0.29) is 14.1 Å². The second kappa shape index (κ2) is 15.3. The molecule has 0 amide bonds. The number of halogens is 2. The predicted octanol–water partition coefficient (Wildman–Crippen LogP) is 1.93. The zero-order valence-corrected chi connectivity index (χ0v) is 10.6. The first-order valence-corrected chi connectivity index (χ1v) is 7.99. The maximum absolute atomic E-state index is 9.02. The van der Waals surface area contributed by atoms with Crippen LogP contribution in [0.4, 0.5) is 0 Å². The standard InChI is InChI=1S/C5H5.CH2Cl2Si.2CO.Fe/c1-2-4-5-3-1;1-4(2)3;2*1-2;/h1-5H;1H2;;;/q2*-1;;;. The molecule has 0 unspecified atom stereocenters. The van der Waals surface area contributed by atoms with Crippen molar-refractivity contribution in [3.8, 4) is 0 Å². The monoisotopic (exact) mass is 289 g/mol. The van der Waals surface area contributed by atoms with Crippen molar-refractivity contribution in [2.24, 2.45) is 0 Å². The van der Waals surface area contributed by atoms with Crippen LogP contribution in [-0.2, 0) is 23.7 Å². The van der Waals surface area contributed by atoms with E-state index < -0.39 is 7.42 Å². The Kier molecular flexibility index (Phi) is 17.8. The Hall–Kier alpha value is -0.174. The Morgan fingerprint density at radius 3 is 1.64 bits per heavy atom. The molecule has 0 saturated carbocycles. The molecule has 0 saturated heterocycles. The van der Waals surface area contributed by atoms with E-state index in [4.69, 9.17) is 31.7 Å². The van der Waals surface area contributed by atoms with Gasteiger partial charge >= 0.3 is 33.2 Å². The molecule has 79 valence electrons. The van der Waals surface area contributed by atoms with Crippen molar-refractivity contribution in [3.63, 3.8) is 0 Å². The van der Waals surface area contributed by atoms with Gasteiger partial charge in [-0.15, -0.1) is 0 Å². The first-order chi connectivity index (χ1) is 6.65. The Bertz CT molecular complexity index is 265. The summed E-state index contributed by atoms with van der Waals surface area (Å²) in [5.41, 5.74) is 0. The molecule has 0 N–H and O–H groups in total. The van der Waals surface area contributed by atoms with Crippen LogP contribution in [0.15, 0.2) is 30.3 Å². The van der Waals surface area contributed by atoms with E-state index in [1.54, 1.807) is 0 Å². The summed E-state index contributed by atoms with van der Waals surface area (Å²) in [5.74, 6) is 0. The van der Waals surface area contributed by atoms with Gasteiger partial charge in [0.1, 0.15) is 7.42 Å². The average molecular weight is 290 g/mol. The first-order valence-electron chi connectivity index (χ1n) is 3.16. The maximum atomic E-state index is 9.02. The molecule has 14 heavy (non-hydrogen) atoms. The van der Waals surface area contributed by atoms with Crippen LogP contribution < -0.4 is 0 Å². The molecule has 0 atom stereocenters. The fraction of sp³-hybridized carbons (Fsp3) is 0. The quantitative estimate of drug-likeness (QED) is 0.416. The molecular weight excluding hydrogens is 283 g/mol. The molecule has 0 bridgehead atoms. The molecule has 0 aliphatic carbocycles. The third-order valence-electron chi connectivity index (χ3n) is 0.628. The van der Waals surface area contributed by atoms with Crippen molar-refractivity contribution >= 4 is 39.1 Å². The Morgan fingerprint density at radius 2 is 1.57 bits per heavy atom. The van der Waals surface area contributed by atoms with Crippen LogP contribution in [0.1, 0.15) is 0 Å². The van der Waals surface area contributed by atoms with Crippen LogP contribution in [0.3, 0.4) is 0 Å². The van der Waals surface area contributed by atoms with Crippen LogP contribution in [0.5, 0.6) is 0 Å². The van der Waals surface area contributed by atoms with E-state index in [1.165, 1.54) is 9.57 Å². The Balaban J connectivity index is 0. The first kappa shape index (κ1) is 16.3. The largest absolute Gasteiger partial charge is 0.315 e. The van der Waals surface area contributed by atoms with Gasteiger partial charge in [-0.1, -0.05) is 0 Å². The van der Waals surface area contributed by atoms with Crippen molar-refractivity contribution in [1.82, 2.24) is 0 Å². The fourth-order valence-electron chi connectivity index (χ4n) is 0.335. The summed E-state index contributed by atoms with van der Waals surface area (Å²) in [6.45, 7) is 3.27. The van der Waals surface area contributed by atoms with Crippen LogP contribution in [0.25, 0.3) is 0 Å². The second-order valence-electron chi connectivity index (χ2n) is 1.53. The average Bonchev–Trinajstić information content (AvgIpc) is 2.61. The van der Waals surface area contributed by atoms with Crippen LogP contribution in [0, 0.1) is 6.55 Å². The van der Waals surface area contributed by atoms with Gasteiger partial charge in [-0.3, -0.25) is 0 Å². The number of rotatable bonds is 0. The minimum atomic E-state index is -1.19. The molecule has 0 heterocycles. The minimum Gasteiger partial charge on any atom is -0.315 e. The van der Waals surface area contributed by atoms with Gasteiger partial charge in [0.15, 0.2) is 0 Å². The molecule has 1 radical (unpaired) electrons. The van der Waals surface area contributed by atoms with Gasteiger partial charge in [0.05, 0.1) is 0 Å². The molecule has 0 fully saturated rings. The maximum Gasteiger partial charge on any atom is 0.107 e. The minimum absolute atomic E-state index is 0.222. The van der Waals surface area contributed by atoms with Crippen molar-refractivity contribution in [2.75, 3.05) is 0 Å². The van der Waals surface area contributed by atoms with Crippen molar-refractivity contribution in [3.05, 3.63) is 36.9 Å². The van der Waals surface area contributed by atoms with E-state index in [2.05, 4.69) is 6.55 Å². The third-order valence-corrected chi connectivity index (χ3v) is 0.853. The topological polar surface area (TPSA) is 34.1 Å². The predicted molar refractivity (Wildman–Crippen MR) is 56.2 cm³/mol. The third kappa shape index (κ3) is 29.7. The van der Waals surface area contributed by atoms with Crippen LogP contribution >= 0.6 is 22.2 Å². The molecule has 0 aromatic heterocycles. The van der Waals surface area contributed by atoms with Gasteiger partial charge in [0, 0.05) is 0 Å². The number of carbonyl (C=O) groups excluding carboxylic acids is 2. The van der Waals surface area contributed by atoms with Crippen LogP contribution in [0.2, 0.25) is 0 Å². The molecule has 0 aliphatic rings. The Labute approximate surface area is 99.5 Å². The van der Waals surface area contributed by atoms with Gasteiger partial charge in [-0.2, -0.15) is 40.4 Å². The van der Waals surface area contributed by atoms with E-state index >= 15 is 0 Å². The normalized spacial score (nSPS) is 7.14.